The van der Waals surface area contributed by atoms with Crippen molar-refractivity contribution in [1.82, 2.24) is 5.32 Å². The highest BCUT2D eigenvalue weighted by molar-refractivity contribution is 5.83. The van der Waals surface area contributed by atoms with Crippen LogP contribution in [0.2, 0.25) is 0 Å². The van der Waals surface area contributed by atoms with Crippen LogP contribution in [0.25, 0.3) is 0 Å². The summed E-state index contributed by atoms with van der Waals surface area (Å²) in [7, 11) is 1.19. The zero-order valence-electron chi connectivity index (χ0n) is 11.7. The first-order valence-electron chi connectivity index (χ1n) is 6.24. The van der Waals surface area contributed by atoms with Gasteiger partial charge in [-0.2, -0.15) is 13.2 Å². The summed E-state index contributed by atoms with van der Waals surface area (Å²) in [4.78, 5) is 22.6. The van der Waals surface area contributed by atoms with Gasteiger partial charge in [0.25, 0.3) is 0 Å². The molecule has 0 saturated carbocycles. The van der Waals surface area contributed by atoms with Gasteiger partial charge in [0.2, 0.25) is 5.91 Å². The van der Waals surface area contributed by atoms with Gasteiger partial charge in [0.05, 0.1) is 12.7 Å². The summed E-state index contributed by atoms with van der Waals surface area (Å²) in [5.41, 5.74) is -0.340. The molecule has 0 fully saturated rings. The molecule has 7 heteroatoms. The lowest BCUT2D eigenvalue weighted by atomic mass is 9.98. The maximum absolute atomic E-state index is 12.6. The molecule has 1 atom stereocenters. The minimum absolute atomic E-state index is 0.150. The van der Waals surface area contributed by atoms with E-state index in [0.717, 1.165) is 12.1 Å². The second-order valence-corrected chi connectivity index (χ2v) is 4.60. The molecule has 0 aliphatic carbocycles. The van der Waals surface area contributed by atoms with Crippen LogP contribution in [-0.2, 0) is 26.9 Å². The fraction of sp³-hybridized carbons (Fsp3) is 0.429. The minimum Gasteiger partial charge on any atom is -0.468 e. The van der Waals surface area contributed by atoms with Crippen molar-refractivity contribution in [3.63, 3.8) is 0 Å². The van der Waals surface area contributed by atoms with Crippen LogP contribution in [0.15, 0.2) is 24.3 Å². The van der Waals surface area contributed by atoms with Crippen molar-refractivity contribution < 1.29 is 27.5 Å². The molecule has 0 aliphatic heterocycles. The van der Waals surface area contributed by atoms with Crippen molar-refractivity contribution in [3.8, 4) is 0 Å². The highest BCUT2D eigenvalue weighted by atomic mass is 19.4. The summed E-state index contributed by atoms with van der Waals surface area (Å²) in [6.45, 7) is 1.31. The number of ether oxygens (including phenoxy) is 1. The molecule has 1 amide bonds. The molecular formula is C14H16F3NO3. The Morgan fingerprint density at radius 2 is 2.00 bits per heavy atom. The maximum Gasteiger partial charge on any atom is 0.416 e. The summed E-state index contributed by atoms with van der Waals surface area (Å²) in [6.07, 6.45) is -4.26. The van der Waals surface area contributed by atoms with Crippen LogP contribution < -0.4 is 5.32 Å². The predicted octanol–water partition coefficient (Wildman–Crippen LogP) is 2.17. The average Bonchev–Trinajstić information content (AvgIpc) is 2.43. The Kier molecular flexibility index (Phi) is 5.75. The summed E-state index contributed by atoms with van der Waals surface area (Å²) in [5.74, 6) is -1.56. The van der Waals surface area contributed by atoms with Crippen molar-refractivity contribution >= 4 is 11.9 Å². The maximum atomic E-state index is 12.6. The average molecular weight is 303 g/mol. The number of amides is 1. The molecule has 0 bridgehead atoms. The van der Waals surface area contributed by atoms with Gasteiger partial charge >= 0.3 is 12.1 Å². The molecule has 116 valence electrons. The highest BCUT2D eigenvalue weighted by Crippen LogP contribution is 2.29. The number of esters is 1. The molecule has 1 N–H and O–H groups in total. The van der Waals surface area contributed by atoms with E-state index in [1.807, 2.05) is 0 Å². The summed E-state index contributed by atoms with van der Waals surface area (Å²) >= 11 is 0. The van der Waals surface area contributed by atoms with E-state index in [1.165, 1.54) is 19.2 Å². The molecule has 0 radical (unpaired) electrons. The van der Waals surface area contributed by atoms with Crippen LogP contribution in [0.1, 0.15) is 18.1 Å². The van der Waals surface area contributed by atoms with Crippen LogP contribution in [0.4, 0.5) is 13.2 Å². The topological polar surface area (TPSA) is 55.4 Å². The SMILES string of the molecule is COC(=O)CNC(=O)C(C)Cc1cccc(C(F)(F)F)c1. The van der Waals surface area contributed by atoms with Crippen molar-refractivity contribution in [3.05, 3.63) is 35.4 Å². The van der Waals surface area contributed by atoms with Gasteiger partial charge in [-0.3, -0.25) is 9.59 Å². The van der Waals surface area contributed by atoms with E-state index in [4.69, 9.17) is 0 Å². The summed E-state index contributed by atoms with van der Waals surface area (Å²) in [5, 5.41) is 2.36. The molecule has 1 aromatic rings. The Labute approximate surface area is 120 Å². The fourth-order valence-electron chi connectivity index (χ4n) is 1.73. The van der Waals surface area contributed by atoms with Crippen molar-refractivity contribution in [1.29, 1.82) is 0 Å². The Bertz CT molecular complexity index is 514. The quantitative estimate of drug-likeness (QED) is 0.848. The number of rotatable bonds is 5. The van der Waals surface area contributed by atoms with E-state index in [2.05, 4.69) is 10.1 Å². The molecule has 0 aliphatic rings. The van der Waals surface area contributed by atoms with Gasteiger partial charge in [0, 0.05) is 5.92 Å². The lowest BCUT2D eigenvalue weighted by molar-refractivity contribution is -0.141. The van der Waals surface area contributed by atoms with Crippen molar-refractivity contribution in [2.75, 3.05) is 13.7 Å². The Balaban J connectivity index is 2.64. The zero-order valence-corrected chi connectivity index (χ0v) is 11.7. The van der Waals surface area contributed by atoms with Gasteiger partial charge in [-0.25, -0.2) is 0 Å². The fourth-order valence-corrected chi connectivity index (χ4v) is 1.73. The van der Waals surface area contributed by atoms with E-state index in [1.54, 1.807) is 6.92 Å². The van der Waals surface area contributed by atoms with Crippen LogP contribution in [0.3, 0.4) is 0 Å². The third kappa shape index (κ3) is 5.45. The molecular weight excluding hydrogens is 287 g/mol. The largest absolute Gasteiger partial charge is 0.468 e. The Hall–Kier alpha value is -2.05. The Morgan fingerprint density at radius 1 is 1.33 bits per heavy atom. The number of nitrogens with one attached hydrogen (secondary N) is 1. The summed E-state index contributed by atoms with van der Waals surface area (Å²) in [6, 6.07) is 4.83. The standard InChI is InChI=1S/C14H16F3NO3/c1-9(13(20)18-8-12(19)21-2)6-10-4-3-5-11(7-10)14(15,16)17/h3-5,7,9H,6,8H2,1-2H3,(H,18,20). The van der Waals surface area contributed by atoms with E-state index in [0.29, 0.717) is 5.56 Å². The van der Waals surface area contributed by atoms with Gasteiger partial charge in [0.15, 0.2) is 0 Å². The molecule has 1 unspecified atom stereocenters. The van der Waals surface area contributed by atoms with Gasteiger partial charge < -0.3 is 10.1 Å². The number of alkyl halides is 3. The molecule has 1 rings (SSSR count). The van der Waals surface area contributed by atoms with Gasteiger partial charge in [0.1, 0.15) is 6.54 Å². The van der Waals surface area contributed by atoms with Crippen LogP contribution in [0, 0.1) is 5.92 Å². The van der Waals surface area contributed by atoms with E-state index in [9.17, 15) is 22.8 Å². The first-order chi connectivity index (χ1) is 9.74. The molecule has 0 heterocycles. The first-order valence-corrected chi connectivity index (χ1v) is 6.24. The molecule has 1 aromatic carbocycles. The number of carbonyl (C=O) groups excluding carboxylic acids is 2. The summed E-state index contributed by atoms with van der Waals surface area (Å²) < 4.78 is 42.1. The lowest BCUT2D eigenvalue weighted by Crippen LogP contribution is -2.34. The second kappa shape index (κ2) is 7.10. The monoisotopic (exact) mass is 303 g/mol. The van der Waals surface area contributed by atoms with E-state index >= 15 is 0 Å². The van der Waals surface area contributed by atoms with Gasteiger partial charge in [-0.1, -0.05) is 25.1 Å². The van der Waals surface area contributed by atoms with Gasteiger partial charge in [-0.15, -0.1) is 0 Å². The first kappa shape index (κ1) is 17.0. The molecule has 0 saturated heterocycles. The third-order valence-corrected chi connectivity index (χ3v) is 2.88. The van der Waals surface area contributed by atoms with Crippen LogP contribution >= 0.6 is 0 Å². The third-order valence-electron chi connectivity index (χ3n) is 2.88. The van der Waals surface area contributed by atoms with Crippen LogP contribution in [0.5, 0.6) is 0 Å². The number of hydrogen-bond donors (Lipinski definition) is 1. The predicted molar refractivity (Wildman–Crippen MR) is 69.3 cm³/mol. The number of halogens is 3. The molecule has 4 nitrogen and oxygen atoms in total. The number of benzene rings is 1. The number of hydrogen-bond acceptors (Lipinski definition) is 3. The molecule has 0 spiro atoms. The number of methoxy groups -OCH3 is 1. The lowest BCUT2D eigenvalue weighted by Gasteiger charge is -2.13. The molecule has 0 aromatic heterocycles. The van der Waals surface area contributed by atoms with Crippen LogP contribution in [-0.4, -0.2) is 25.5 Å². The highest BCUT2D eigenvalue weighted by Gasteiger charge is 2.30. The zero-order chi connectivity index (χ0) is 16.0. The normalized spacial score (nSPS) is 12.6. The van der Waals surface area contributed by atoms with E-state index < -0.39 is 29.5 Å². The molecule has 21 heavy (non-hydrogen) atoms. The minimum atomic E-state index is -4.41. The second-order valence-electron chi connectivity index (χ2n) is 4.60. The van der Waals surface area contributed by atoms with Gasteiger partial charge in [-0.05, 0) is 18.1 Å². The smallest absolute Gasteiger partial charge is 0.416 e. The Morgan fingerprint density at radius 3 is 2.57 bits per heavy atom. The van der Waals surface area contributed by atoms with Crippen molar-refractivity contribution in [2.24, 2.45) is 5.92 Å². The van der Waals surface area contributed by atoms with E-state index in [-0.39, 0.29) is 13.0 Å². The number of carbonyl (C=O) groups is 2. The van der Waals surface area contributed by atoms with Crippen molar-refractivity contribution in [2.45, 2.75) is 19.5 Å².